The Kier molecular flexibility index (Phi) is 4.10. The van der Waals surface area contributed by atoms with Gasteiger partial charge in [-0.15, -0.1) is 0 Å². The summed E-state index contributed by atoms with van der Waals surface area (Å²) in [7, 11) is 0. The van der Waals surface area contributed by atoms with E-state index in [0.29, 0.717) is 6.54 Å². The molecule has 1 fully saturated rings. The van der Waals surface area contributed by atoms with Crippen molar-refractivity contribution in [1.29, 1.82) is 0 Å². The Hall–Kier alpha value is -1.08. The Labute approximate surface area is 122 Å². The smallest absolute Gasteiger partial charge is 0.380 e. The molecule has 1 aliphatic rings. The molecule has 7 heteroatoms. The van der Waals surface area contributed by atoms with E-state index >= 15 is 0 Å². The number of rotatable bonds is 2. The third kappa shape index (κ3) is 3.40. The number of hydrogen-bond donors (Lipinski definition) is 2. The Morgan fingerprint density at radius 3 is 2.33 bits per heavy atom. The summed E-state index contributed by atoms with van der Waals surface area (Å²) in [5, 5.41) is 16.7. The molecule has 0 aliphatic carbocycles. The molecule has 2 rings (SSSR count). The van der Waals surface area contributed by atoms with Crippen LogP contribution in [0, 0.1) is 0 Å². The molecular formula is C14H22F3N3O. The van der Waals surface area contributed by atoms with E-state index in [-0.39, 0.29) is 31.3 Å². The lowest BCUT2D eigenvalue weighted by Crippen LogP contribution is -2.53. The number of H-pyrrole nitrogens is 1. The molecule has 1 saturated heterocycles. The summed E-state index contributed by atoms with van der Waals surface area (Å²) in [4.78, 5) is 1.93. The number of nitrogens with one attached hydrogen (secondary N) is 1. The van der Waals surface area contributed by atoms with E-state index in [2.05, 4.69) is 31.0 Å². The van der Waals surface area contributed by atoms with Gasteiger partial charge < -0.3 is 5.11 Å². The second-order valence-corrected chi connectivity index (χ2v) is 6.83. The summed E-state index contributed by atoms with van der Waals surface area (Å²) in [6.45, 7) is 7.18. The molecule has 2 heterocycles. The molecule has 0 amide bonds. The van der Waals surface area contributed by atoms with Crippen molar-refractivity contribution in [3.05, 3.63) is 17.5 Å². The van der Waals surface area contributed by atoms with Crippen LogP contribution in [0.15, 0.2) is 6.20 Å². The predicted molar refractivity (Wildman–Crippen MR) is 72.8 cm³/mol. The number of piperidine rings is 1. The monoisotopic (exact) mass is 305 g/mol. The van der Waals surface area contributed by atoms with E-state index in [1.54, 1.807) is 6.20 Å². The lowest BCUT2D eigenvalue weighted by molar-refractivity contribution is -0.272. The summed E-state index contributed by atoms with van der Waals surface area (Å²) in [5.74, 6) is 0. The second-order valence-electron chi connectivity index (χ2n) is 6.83. The van der Waals surface area contributed by atoms with Gasteiger partial charge >= 0.3 is 6.18 Å². The van der Waals surface area contributed by atoms with Crippen LogP contribution in [0.5, 0.6) is 0 Å². The van der Waals surface area contributed by atoms with Crippen molar-refractivity contribution in [2.75, 3.05) is 13.1 Å². The zero-order valence-electron chi connectivity index (χ0n) is 12.6. The molecule has 0 spiro atoms. The normalized spacial score (nSPS) is 20.7. The molecule has 1 aromatic rings. The van der Waals surface area contributed by atoms with Gasteiger partial charge in [0.05, 0.1) is 6.20 Å². The van der Waals surface area contributed by atoms with Crippen LogP contribution in [0.3, 0.4) is 0 Å². The van der Waals surface area contributed by atoms with Crippen LogP contribution in [0.2, 0.25) is 0 Å². The fourth-order valence-corrected chi connectivity index (χ4v) is 2.69. The van der Waals surface area contributed by atoms with Gasteiger partial charge in [-0.25, -0.2) is 0 Å². The predicted octanol–water partition coefficient (Wildman–Crippen LogP) is 2.60. The van der Waals surface area contributed by atoms with Gasteiger partial charge in [0.25, 0.3) is 0 Å². The summed E-state index contributed by atoms with van der Waals surface area (Å²) >= 11 is 0. The summed E-state index contributed by atoms with van der Waals surface area (Å²) in [5.41, 5.74) is -0.625. The SMILES string of the molecule is CC(C)(C)c1[nH]ncc1CN1CCC(O)(C(F)(F)F)CC1. The van der Waals surface area contributed by atoms with Crippen LogP contribution in [0.4, 0.5) is 13.2 Å². The molecule has 4 nitrogen and oxygen atoms in total. The quantitative estimate of drug-likeness (QED) is 0.883. The maximum atomic E-state index is 12.8. The van der Waals surface area contributed by atoms with Crippen LogP contribution >= 0.6 is 0 Å². The fraction of sp³-hybridized carbons (Fsp3) is 0.786. The van der Waals surface area contributed by atoms with E-state index in [1.165, 1.54) is 0 Å². The first-order chi connectivity index (χ1) is 9.53. The zero-order valence-corrected chi connectivity index (χ0v) is 12.6. The van der Waals surface area contributed by atoms with Gasteiger partial charge in [0, 0.05) is 36.3 Å². The maximum Gasteiger partial charge on any atom is 0.417 e. The molecule has 0 bridgehead atoms. The summed E-state index contributed by atoms with van der Waals surface area (Å²) < 4.78 is 38.3. The highest BCUT2D eigenvalue weighted by Gasteiger charge is 2.54. The van der Waals surface area contributed by atoms with Crippen molar-refractivity contribution in [2.45, 2.75) is 57.3 Å². The van der Waals surface area contributed by atoms with Crippen LogP contribution in [0.25, 0.3) is 0 Å². The number of aliphatic hydroxyl groups is 1. The number of halogens is 3. The lowest BCUT2D eigenvalue weighted by Gasteiger charge is -2.39. The third-order valence-electron chi connectivity index (χ3n) is 4.07. The summed E-state index contributed by atoms with van der Waals surface area (Å²) in [6.07, 6.45) is -3.38. The van der Waals surface area contributed by atoms with Crippen molar-refractivity contribution in [3.63, 3.8) is 0 Å². The molecule has 2 N–H and O–H groups in total. The van der Waals surface area contributed by atoms with Crippen molar-refractivity contribution in [2.24, 2.45) is 0 Å². The first-order valence-corrected chi connectivity index (χ1v) is 7.07. The molecule has 21 heavy (non-hydrogen) atoms. The van der Waals surface area contributed by atoms with Crippen LogP contribution in [-0.2, 0) is 12.0 Å². The molecular weight excluding hydrogens is 283 g/mol. The van der Waals surface area contributed by atoms with Gasteiger partial charge in [0.2, 0.25) is 0 Å². The molecule has 0 aromatic carbocycles. The van der Waals surface area contributed by atoms with E-state index in [0.717, 1.165) is 11.3 Å². The fourth-order valence-electron chi connectivity index (χ4n) is 2.69. The highest BCUT2D eigenvalue weighted by Crippen LogP contribution is 2.38. The van der Waals surface area contributed by atoms with Gasteiger partial charge in [0.1, 0.15) is 0 Å². The zero-order chi connectivity index (χ0) is 15.9. The van der Waals surface area contributed by atoms with Crippen molar-refractivity contribution in [1.82, 2.24) is 15.1 Å². The molecule has 0 saturated carbocycles. The lowest BCUT2D eigenvalue weighted by atomic mass is 9.88. The van der Waals surface area contributed by atoms with Crippen molar-refractivity contribution >= 4 is 0 Å². The number of aromatic amines is 1. The molecule has 1 aliphatic heterocycles. The van der Waals surface area contributed by atoms with E-state index in [1.807, 2.05) is 4.90 Å². The van der Waals surface area contributed by atoms with Gasteiger partial charge in [-0.3, -0.25) is 10.00 Å². The van der Waals surface area contributed by atoms with Crippen LogP contribution in [0.1, 0.15) is 44.9 Å². The molecule has 1 aromatic heterocycles. The van der Waals surface area contributed by atoms with Gasteiger partial charge in [-0.2, -0.15) is 18.3 Å². The van der Waals surface area contributed by atoms with E-state index < -0.39 is 11.8 Å². The molecule has 0 radical (unpaired) electrons. The molecule has 120 valence electrons. The van der Waals surface area contributed by atoms with Crippen molar-refractivity contribution < 1.29 is 18.3 Å². The number of aromatic nitrogens is 2. The van der Waals surface area contributed by atoms with Crippen LogP contribution in [-0.4, -0.2) is 45.1 Å². The Morgan fingerprint density at radius 2 is 1.86 bits per heavy atom. The molecule has 0 atom stereocenters. The average molecular weight is 305 g/mol. The standard InChI is InChI=1S/C14H22F3N3O/c1-12(2,3)11-10(8-18-19-11)9-20-6-4-13(21,5-7-20)14(15,16)17/h8,21H,4-7,9H2,1-3H3,(H,18,19). The maximum absolute atomic E-state index is 12.8. The number of nitrogens with zero attached hydrogens (tertiary/aromatic N) is 2. The summed E-state index contributed by atoms with van der Waals surface area (Å²) in [6, 6.07) is 0. The second kappa shape index (κ2) is 5.28. The van der Waals surface area contributed by atoms with Crippen LogP contribution < -0.4 is 0 Å². The number of hydrogen-bond acceptors (Lipinski definition) is 3. The largest absolute Gasteiger partial charge is 0.417 e. The minimum Gasteiger partial charge on any atom is -0.380 e. The highest BCUT2D eigenvalue weighted by molar-refractivity contribution is 5.23. The first-order valence-electron chi connectivity index (χ1n) is 7.07. The Bertz CT molecular complexity index is 482. The number of alkyl halides is 3. The number of likely N-dealkylation sites (tertiary alicyclic amines) is 1. The minimum atomic E-state index is -4.55. The van der Waals surface area contributed by atoms with E-state index in [4.69, 9.17) is 0 Å². The minimum absolute atomic E-state index is 0.0890. The van der Waals surface area contributed by atoms with Gasteiger partial charge in [0.15, 0.2) is 5.60 Å². The molecule has 0 unspecified atom stereocenters. The Morgan fingerprint density at radius 1 is 1.29 bits per heavy atom. The third-order valence-corrected chi connectivity index (χ3v) is 4.07. The topological polar surface area (TPSA) is 52.2 Å². The van der Waals surface area contributed by atoms with Crippen molar-refractivity contribution in [3.8, 4) is 0 Å². The first kappa shape index (κ1) is 16.3. The van der Waals surface area contributed by atoms with Gasteiger partial charge in [-0.05, 0) is 12.8 Å². The average Bonchev–Trinajstić information content (AvgIpc) is 2.79. The highest BCUT2D eigenvalue weighted by atomic mass is 19.4. The van der Waals surface area contributed by atoms with Gasteiger partial charge in [-0.1, -0.05) is 20.8 Å². The van der Waals surface area contributed by atoms with E-state index in [9.17, 15) is 18.3 Å². The Balaban J connectivity index is 2.01.